The van der Waals surface area contributed by atoms with Gasteiger partial charge in [-0.05, 0) is 77.7 Å². The number of rotatable bonds is 8. The fourth-order valence-corrected chi connectivity index (χ4v) is 8.22. The number of para-hydroxylation sites is 1. The number of nitrogens with zero attached hydrogens (tertiary/aromatic N) is 3. The van der Waals surface area contributed by atoms with Crippen molar-refractivity contribution in [3.8, 4) is 16.8 Å². The van der Waals surface area contributed by atoms with Crippen LogP contribution >= 0.6 is 0 Å². The van der Waals surface area contributed by atoms with Crippen LogP contribution in [-0.4, -0.2) is 16.2 Å². The van der Waals surface area contributed by atoms with Crippen molar-refractivity contribution in [1.82, 2.24) is 4.57 Å². The van der Waals surface area contributed by atoms with E-state index in [1.54, 1.807) is 0 Å². The minimum absolute atomic E-state index is 0.359. The lowest BCUT2D eigenvalue weighted by Crippen LogP contribution is -2.17. The number of furan rings is 2. The SMILES string of the molecule is C=C/C=C\c1c(C)c2ccccc2n1-c1cccc2oc3cccc(-c4ccc5oc6cccc(C(N)=NC(=NCc7ccccc7)c7ccccc7)c6c5c4)c3c12. The normalized spacial score (nSPS) is 12.6. The predicted octanol–water partition coefficient (Wildman–Crippen LogP) is 13.0. The van der Waals surface area contributed by atoms with Crippen molar-refractivity contribution in [2.45, 2.75) is 13.5 Å². The molecule has 2 N–H and O–H groups in total. The van der Waals surface area contributed by atoms with Gasteiger partial charge in [0.15, 0.2) is 5.84 Å². The van der Waals surface area contributed by atoms with Gasteiger partial charge in [0, 0.05) is 38.4 Å². The number of benzene rings is 7. The minimum Gasteiger partial charge on any atom is -0.456 e. The number of hydrogen-bond donors (Lipinski definition) is 1. The highest BCUT2D eigenvalue weighted by Gasteiger charge is 2.22. The first kappa shape index (κ1) is 34.8. The lowest BCUT2D eigenvalue weighted by molar-refractivity contribution is 0.668. The Bertz CT molecular complexity index is 3290. The highest BCUT2D eigenvalue weighted by molar-refractivity contribution is 6.22. The van der Waals surface area contributed by atoms with Gasteiger partial charge in [0.2, 0.25) is 0 Å². The van der Waals surface area contributed by atoms with E-state index in [0.717, 1.165) is 88.6 Å². The number of amidine groups is 2. The molecule has 6 heteroatoms. The van der Waals surface area contributed by atoms with Crippen LogP contribution < -0.4 is 5.73 Å². The van der Waals surface area contributed by atoms with Gasteiger partial charge in [-0.25, -0.2) is 4.99 Å². The summed E-state index contributed by atoms with van der Waals surface area (Å²) in [6.45, 7) is 6.60. The Labute approximate surface area is 335 Å². The zero-order chi connectivity index (χ0) is 39.2. The van der Waals surface area contributed by atoms with E-state index < -0.39 is 0 Å². The topological polar surface area (TPSA) is 82.0 Å². The molecular weight excluding hydrogens is 713 g/mol. The van der Waals surface area contributed by atoms with Gasteiger partial charge in [-0.3, -0.25) is 4.99 Å². The third kappa shape index (κ3) is 5.90. The van der Waals surface area contributed by atoms with Crippen molar-refractivity contribution in [3.05, 3.63) is 204 Å². The lowest BCUT2D eigenvalue weighted by atomic mass is 9.96. The molecule has 6 nitrogen and oxygen atoms in total. The van der Waals surface area contributed by atoms with E-state index >= 15 is 0 Å². The van der Waals surface area contributed by atoms with Gasteiger partial charge < -0.3 is 19.1 Å². The third-order valence-corrected chi connectivity index (χ3v) is 10.9. The zero-order valence-electron chi connectivity index (χ0n) is 31.9. The monoisotopic (exact) mass is 750 g/mol. The number of aryl methyl sites for hydroxylation is 1. The summed E-state index contributed by atoms with van der Waals surface area (Å²) in [6.07, 6.45) is 5.94. The molecule has 10 rings (SSSR count). The average molecular weight is 751 g/mol. The summed E-state index contributed by atoms with van der Waals surface area (Å²) in [5, 5.41) is 5.12. The zero-order valence-corrected chi connectivity index (χ0v) is 31.9. The second-order valence-corrected chi connectivity index (χ2v) is 14.4. The number of nitrogens with two attached hydrogens (primary N) is 1. The van der Waals surface area contributed by atoms with Crippen LogP contribution in [0.2, 0.25) is 0 Å². The Balaban J connectivity index is 1.16. The maximum absolute atomic E-state index is 6.95. The molecule has 0 amide bonds. The molecule has 0 spiro atoms. The standard InChI is InChI=1S/C52H38N4O2/c1-3-4-23-41-33(2)37-20-11-12-24-42(37)56(41)43-25-15-28-47-50(43)49-38(21-13-27-46(49)58-47)36-29-30-44-40(31-36)48-39(22-14-26-45(48)57-44)51(53)55-52(35-18-9-6-10-19-35)54-32-34-16-7-5-8-17-34/h3-31H,1,32H2,2H3,(H2,53,54,55)/b23-4-. The number of allylic oxidation sites excluding steroid dienone is 2. The minimum atomic E-state index is 0.359. The van der Waals surface area contributed by atoms with Gasteiger partial charge in [-0.1, -0.05) is 134 Å². The molecule has 278 valence electrons. The Morgan fingerprint density at radius 3 is 2.17 bits per heavy atom. The first-order chi connectivity index (χ1) is 28.6. The molecule has 58 heavy (non-hydrogen) atoms. The van der Waals surface area contributed by atoms with Gasteiger partial charge in [0.1, 0.15) is 28.2 Å². The van der Waals surface area contributed by atoms with E-state index in [1.807, 2.05) is 91.0 Å². The summed E-state index contributed by atoms with van der Waals surface area (Å²) in [5.74, 6) is 0.924. The third-order valence-electron chi connectivity index (χ3n) is 10.9. The molecule has 3 heterocycles. The first-order valence-electron chi connectivity index (χ1n) is 19.3. The molecule has 0 fully saturated rings. The molecule has 0 atom stereocenters. The maximum Gasteiger partial charge on any atom is 0.157 e. The second-order valence-electron chi connectivity index (χ2n) is 14.4. The van der Waals surface area contributed by atoms with Crippen LogP contribution in [0.5, 0.6) is 0 Å². The summed E-state index contributed by atoms with van der Waals surface area (Å²) in [6, 6.07) is 53.5. The quantitative estimate of drug-likeness (QED) is 0.0953. The molecule has 0 bridgehead atoms. The van der Waals surface area contributed by atoms with Crippen LogP contribution in [0.3, 0.4) is 0 Å². The average Bonchev–Trinajstić information content (AvgIpc) is 3.94. The first-order valence-corrected chi connectivity index (χ1v) is 19.3. The summed E-state index contributed by atoms with van der Waals surface area (Å²) in [7, 11) is 0. The number of hydrogen-bond acceptors (Lipinski definition) is 3. The molecule has 0 saturated heterocycles. The van der Waals surface area contributed by atoms with Crippen molar-refractivity contribution in [3.63, 3.8) is 0 Å². The van der Waals surface area contributed by atoms with Crippen LogP contribution in [0.25, 0.3) is 77.7 Å². The fourth-order valence-electron chi connectivity index (χ4n) is 8.22. The van der Waals surface area contributed by atoms with Crippen molar-refractivity contribution in [2.24, 2.45) is 15.7 Å². The van der Waals surface area contributed by atoms with Crippen LogP contribution in [0, 0.1) is 6.92 Å². The highest BCUT2D eigenvalue weighted by atomic mass is 16.3. The van der Waals surface area contributed by atoms with Crippen molar-refractivity contribution in [2.75, 3.05) is 0 Å². The molecule has 0 saturated carbocycles. The summed E-state index contributed by atoms with van der Waals surface area (Å²) < 4.78 is 15.4. The molecular formula is C52H38N4O2. The van der Waals surface area contributed by atoms with Gasteiger partial charge in [-0.15, -0.1) is 0 Å². The Hall–Kier alpha value is -7.70. The Morgan fingerprint density at radius 1 is 0.672 bits per heavy atom. The Kier molecular flexibility index (Phi) is 8.64. The van der Waals surface area contributed by atoms with E-state index in [1.165, 1.54) is 10.9 Å². The highest BCUT2D eigenvalue weighted by Crippen LogP contribution is 2.43. The maximum atomic E-state index is 6.95. The molecule has 0 unspecified atom stereocenters. The lowest BCUT2D eigenvalue weighted by Gasteiger charge is -2.12. The number of aliphatic imine (C=N–C) groups is 2. The van der Waals surface area contributed by atoms with E-state index in [2.05, 4.69) is 103 Å². The van der Waals surface area contributed by atoms with E-state index in [9.17, 15) is 0 Å². The molecule has 3 aromatic heterocycles. The largest absolute Gasteiger partial charge is 0.456 e. The molecule has 0 radical (unpaired) electrons. The molecule has 0 aliphatic carbocycles. The van der Waals surface area contributed by atoms with Gasteiger partial charge >= 0.3 is 0 Å². The molecule has 0 aliphatic heterocycles. The Morgan fingerprint density at radius 2 is 1.36 bits per heavy atom. The van der Waals surface area contributed by atoms with E-state index in [0.29, 0.717) is 18.2 Å². The fraction of sp³-hybridized carbons (Fsp3) is 0.0385. The van der Waals surface area contributed by atoms with Gasteiger partial charge in [0.05, 0.1) is 23.1 Å². The molecule has 7 aromatic carbocycles. The van der Waals surface area contributed by atoms with Gasteiger partial charge in [-0.2, -0.15) is 0 Å². The molecule has 0 aliphatic rings. The predicted molar refractivity (Wildman–Crippen MR) is 241 cm³/mol. The number of aromatic nitrogens is 1. The van der Waals surface area contributed by atoms with Crippen LogP contribution in [-0.2, 0) is 6.54 Å². The van der Waals surface area contributed by atoms with E-state index in [4.69, 9.17) is 24.6 Å². The number of fused-ring (bicyclic) bond motifs is 7. The second kappa shape index (κ2) is 14.4. The van der Waals surface area contributed by atoms with Crippen LogP contribution in [0.15, 0.2) is 195 Å². The van der Waals surface area contributed by atoms with Crippen LogP contribution in [0.4, 0.5) is 0 Å². The summed E-state index contributed by atoms with van der Waals surface area (Å²) in [5.41, 5.74) is 19.4. The van der Waals surface area contributed by atoms with Gasteiger partial charge in [0.25, 0.3) is 0 Å². The summed E-state index contributed by atoms with van der Waals surface area (Å²) in [4.78, 5) is 9.92. The van der Waals surface area contributed by atoms with Crippen molar-refractivity contribution in [1.29, 1.82) is 0 Å². The van der Waals surface area contributed by atoms with Crippen molar-refractivity contribution >= 4 is 72.5 Å². The molecule has 10 aromatic rings. The van der Waals surface area contributed by atoms with Crippen molar-refractivity contribution < 1.29 is 8.83 Å². The van der Waals surface area contributed by atoms with Crippen LogP contribution in [0.1, 0.15) is 27.9 Å². The smallest absolute Gasteiger partial charge is 0.157 e. The van der Waals surface area contributed by atoms with E-state index in [-0.39, 0.29) is 0 Å². The summed E-state index contributed by atoms with van der Waals surface area (Å²) >= 11 is 0.